The Bertz CT molecular complexity index is 2860. The van der Waals surface area contributed by atoms with Crippen molar-refractivity contribution in [3.05, 3.63) is 195 Å². The van der Waals surface area contributed by atoms with Crippen LogP contribution in [-0.2, 0) is 5.41 Å². The van der Waals surface area contributed by atoms with E-state index in [0.29, 0.717) is 16.3 Å². The molecule has 0 radical (unpaired) electrons. The summed E-state index contributed by atoms with van der Waals surface area (Å²) >= 11 is 0. The van der Waals surface area contributed by atoms with E-state index in [0.717, 1.165) is 32.7 Å². The summed E-state index contributed by atoms with van der Waals surface area (Å²) in [6, 6.07) is 53.0. The molecule has 0 saturated heterocycles. The van der Waals surface area contributed by atoms with Gasteiger partial charge in [-0.1, -0.05) is 127 Å². The standard InChI is InChI=1S/C45H25NO2/c47-43-32-16-3-1-12-28(32)35-24-26(25-36-29-13-2-4-17-33(29)44(48)46(43)42(35)36)27-19-11-23-40-41(27)34-18-7-10-22-39(34)45(40)37-20-8-5-14-30(37)31-15-6-9-21-38(31)45/h1-25H. The zero-order chi connectivity index (χ0) is 31.7. The van der Waals surface area contributed by atoms with Gasteiger partial charge >= 0.3 is 0 Å². The maximum Gasteiger partial charge on any atom is 0.266 e. The van der Waals surface area contributed by atoms with Crippen LogP contribution in [0.4, 0.5) is 0 Å². The summed E-state index contributed by atoms with van der Waals surface area (Å²) < 4.78 is 1.39. The third kappa shape index (κ3) is 2.92. The lowest BCUT2D eigenvalue weighted by atomic mass is 9.70. The molecule has 0 unspecified atom stereocenters. The average Bonchev–Trinajstić information content (AvgIpc) is 3.62. The van der Waals surface area contributed by atoms with Crippen LogP contribution in [0.25, 0.3) is 71.2 Å². The molecule has 2 aliphatic carbocycles. The van der Waals surface area contributed by atoms with Gasteiger partial charge in [0.25, 0.3) is 11.1 Å². The van der Waals surface area contributed by atoms with E-state index in [2.05, 4.69) is 103 Å². The number of nitrogens with zero attached hydrogens (tertiary/aromatic N) is 1. The lowest BCUT2D eigenvalue weighted by Crippen LogP contribution is -2.27. The van der Waals surface area contributed by atoms with Gasteiger partial charge in [-0.25, -0.2) is 4.40 Å². The van der Waals surface area contributed by atoms with Gasteiger partial charge < -0.3 is 0 Å². The van der Waals surface area contributed by atoms with Crippen LogP contribution in [-0.4, -0.2) is 4.40 Å². The number of hydrogen-bond donors (Lipinski definition) is 0. The van der Waals surface area contributed by atoms with Crippen molar-refractivity contribution < 1.29 is 0 Å². The van der Waals surface area contributed by atoms with Crippen molar-refractivity contribution in [2.45, 2.75) is 5.41 Å². The summed E-state index contributed by atoms with van der Waals surface area (Å²) in [5.74, 6) is 0. The van der Waals surface area contributed by atoms with Gasteiger partial charge in [0.15, 0.2) is 0 Å². The molecule has 3 nitrogen and oxygen atoms in total. The molecule has 9 aromatic rings. The quantitative estimate of drug-likeness (QED) is 0.137. The molecule has 2 aliphatic rings. The third-order valence-corrected chi connectivity index (χ3v) is 11.0. The number of aromatic nitrogens is 1. The first-order chi connectivity index (χ1) is 23.7. The van der Waals surface area contributed by atoms with Crippen LogP contribution in [0.1, 0.15) is 22.3 Å². The second-order valence-electron chi connectivity index (χ2n) is 13.1. The normalized spacial score (nSPS) is 13.8. The molecule has 2 heterocycles. The van der Waals surface area contributed by atoms with E-state index in [9.17, 15) is 9.59 Å². The lowest BCUT2D eigenvalue weighted by molar-refractivity contribution is 0.794. The Hall–Kier alpha value is -6.32. The fraction of sp³-hybridized carbons (Fsp3) is 0.0222. The van der Waals surface area contributed by atoms with Gasteiger partial charge in [0.2, 0.25) is 0 Å². The van der Waals surface area contributed by atoms with E-state index in [1.807, 2.05) is 48.5 Å². The smallest absolute Gasteiger partial charge is 0.266 e. The van der Waals surface area contributed by atoms with Gasteiger partial charge in [0, 0.05) is 21.5 Å². The van der Waals surface area contributed by atoms with Crippen LogP contribution in [0.2, 0.25) is 0 Å². The number of pyridine rings is 2. The van der Waals surface area contributed by atoms with Crippen LogP contribution >= 0.6 is 0 Å². The van der Waals surface area contributed by atoms with Gasteiger partial charge in [-0.3, -0.25) is 9.59 Å². The van der Waals surface area contributed by atoms with Crippen LogP contribution in [0.5, 0.6) is 0 Å². The number of rotatable bonds is 1. The van der Waals surface area contributed by atoms with Crippen molar-refractivity contribution in [2.75, 3.05) is 0 Å². The molecule has 0 aliphatic heterocycles. The van der Waals surface area contributed by atoms with Crippen molar-refractivity contribution in [3.8, 4) is 33.4 Å². The summed E-state index contributed by atoms with van der Waals surface area (Å²) in [7, 11) is 0. The zero-order valence-electron chi connectivity index (χ0n) is 25.7. The first-order valence-corrected chi connectivity index (χ1v) is 16.4. The van der Waals surface area contributed by atoms with E-state index in [4.69, 9.17) is 0 Å². The van der Waals surface area contributed by atoms with Crippen molar-refractivity contribution >= 4 is 37.8 Å². The highest BCUT2D eigenvalue weighted by Gasteiger charge is 2.51. The van der Waals surface area contributed by atoms with Crippen molar-refractivity contribution in [1.82, 2.24) is 4.40 Å². The molecule has 2 aromatic heterocycles. The topological polar surface area (TPSA) is 38.5 Å². The van der Waals surface area contributed by atoms with Gasteiger partial charge in [0.1, 0.15) is 0 Å². The summed E-state index contributed by atoms with van der Waals surface area (Å²) in [5, 5.41) is 4.59. The first-order valence-electron chi connectivity index (χ1n) is 16.4. The zero-order valence-corrected chi connectivity index (χ0v) is 25.7. The summed E-state index contributed by atoms with van der Waals surface area (Å²) in [6.07, 6.45) is 0. The molecule has 3 heteroatoms. The Morgan fingerprint density at radius 3 is 1.35 bits per heavy atom. The second-order valence-corrected chi connectivity index (χ2v) is 13.1. The van der Waals surface area contributed by atoms with E-state index >= 15 is 0 Å². The molecule has 11 rings (SSSR count). The first kappa shape index (κ1) is 25.8. The molecule has 1 spiro atoms. The Balaban J connectivity index is 1.32. The van der Waals surface area contributed by atoms with Crippen LogP contribution < -0.4 is 11.1 Å². The molecule has 0 N–H and O–H groups in total. The van der Waals surface area contributed by atoms with Gasteiger partial charge in [0.05, 0.1) is 10.9 Å². The Morgan fingerprint density at radius 2 is 0.792 bits per heavy atom. The molecule has 0 atom stereocenters. The maximum atomic E-state index is 13.9. The highest BCUT2D eigenvalue weighted by molar-refractivity contribution is 6.19. The predicted octanol–water partition coefficient (Wildman–Crippen LogP) is 9.57. The molecule has 7 aromatic carbocycles. The van der Waals surface area contributed by atoms with E-state index in [-0.39, 0.29) is 11.1 Å². The fourth-order valence-electron chi connectivity index (χ4n) is 9.17. The molecular weight excluding hydrogens is 587 g/mol. The minimum atomic E-state index is -0.438. The predicted molar refractivity (Wildman–Crippen MR) is 195 cm³/mol. The van der Waals surface area contributed by atoms with Gasteiger partial charge in [-0.2, -0.15) is 0 Å². The van der Waals surface area contributed by atoms with Crippen molar-refractivity contribution in [1.29, 1.82) is 0 Å². The third-order valence-electron chi connectivity index (χ3n) is 11.0. The molecule has 0 amide bonds. The molecule has 48 heavy (non-hydrogen) atoms. The van der Waals surface area contributed by atoms with E-state index in [1.165, 1.54) is 48.9 Å². The Morgan fingerprint density at radius 1 is 0.375 bits per heavy atom. The van der Waals surface area contributed by atoms with Crippen LogP contribution in [0.3, 0.4) is 0 Å². The number of fused-ring (bicyclic) bond motifs is 14. The minimum absolute atomic E-state index is 0.276. The fourth-order valence-corrected chi connectivity index (χ4v) is 9.17. The van der Waals surface area contributed by atoms with Crippen molar-refractivity contribution in [2.24, 2.45) is 0 Å². The summed E-state index contributed by atoms with van der Waals surface area (Å²) in [5.41, 5.74) is 12.1. The number of hydrogen-bond acceptors (Lipinski definition) is 2. The van der Waals surface area contributed by atoms with E-state index < -0.39 is 5.41 Å². The highest BCUT2D eigenvalue weighted by Crippen LogP contribution is 2.64. The molecule has 222 valence electrons. The van der Waals surface area contributed by atoms with Gasteiger partial charge in [-0.05, 0) is 90.7 Å². The molecular formula is C45H25NO2. The number of benzene rings is 7. The maximum absolute atomic E-state index is 13.9. The van der Waals surface area contributed by atoms with Crippen LogP contribution in [0, 0.1) is 0 Å². The molecule has 0 fully saturated rings. The lowest BCUT2D eigenvalue weighted by Gasteiger charge is -2.30. The Kier molecular flexibility index (Phi) is 4.81. The average molecular weight is 612 g/mol. The van der Waals surface area contributed by atoms with Gasteiger partial charge in [-0.15, -0.1) is 0 Å². The van der Waals surface area contributed by atoms with E-state index in [1.54, 1.807) is 0 Å². The molecule has 0 saturated carbocycles. The highest BCUT2D eigenvalue weighted by atomic mass is 16.2. The Labute approximate surface area is 274 Å². The summed E-state index contributed by atoms with van der Waals surface area (Å²) in [4.78, 5) is 27.8. The monoisotopic (exact) mass is 611 g/mol. The second kappa shape index (κ2) is 8.93. The molecule has 0 bridgehead atoms. The minimum Gasteiger partial charge on any atom is -0.268 e. The van der Waals surface area contributed by atoms with Crippen LogP contribution in [0.15, 0.2) is 161 Å². The largest absolute Gasteiger partial charge is 0.268 e. The van der Waals surface area contributed by atoms with Crippen molar-refractivity contribution in [3.63, 3.8) is 0 Å². The summed E-state index contributed by atoms with van der Waals surface area (Å²) in [6.45, 7) is 0. The SMILES string of the molecule is O=c1c2ccccc2c2cc(-c3cccc4c3-c3ccccc3C43c4ccccc4-c4ccccc43)cc3c4ccccc4c(=O)n1c23.